The van der Waals surface area contributed by atoms with Crippen molar-refractivity contribution in [3.63, 3.8) is 0 Å². The van der Waals surface area contributed by atoms with Crippen molar-refractivity contribution < 1.29 is 19.3 Å². The molecule has 2 rings (SSSR count). The van der Waals surface area contributed by atoms with Gasteiger partial charge in [-0.15, -0.1) is 0 Å². The van der Waals surface area contributed by atoms with Gasteiger partial charge in [-0.25, -0.2) is 0 Å². The molecule has 1 amide bonds. The minimum atomic E-state index is -0.898. The molecule has 0 unspecified atom stereocenters. The highest BCUT2D eigenvalue weighted by Crippen LogP contribution is 2.29. The van der Waals surface area contributed by atoms with Gasteiger partial charge in [0.15, 0.2) is 5.71 Å². The van der Waals surface area contributed by atoms with Crippen molar-refractivity contribution in [3.05, 3.63) is 64.2 Å². The van der Waals surface area contributed by atoms with Crippen LogP contribution in [0.4, 0.5) is 5.69 Å². The topological polar surface area (TPSA) is 117 Å². The molecule has 0 aliphatic carbocycles. The van der Waals surface area contributed by atoms with Gasteiger partial charge in [-0.1, -0.05) is 23.4 Å². The second-order valence-corrected chi connectivity index (χ2v) is 4.34. The Labute approximate surface area is 131 Å². The van der Waals surface area contributed by atoms with E-state index in [2.05, 4.69) is 9.99 Å². The van der Waals surface area contributed by atoms with Crippen LogP contribution in [0.5, 0.6) is 11.5 Å². The Morgan fingerprint density at radius 3 is 2.48 bits per heavy atom. The Balaban J connectivity index is 2.55. The number of nitro benzene ring substituents is 1. The van der Waals surface area contributed by atoms with Crippen molar-refractivity contribution in [2.24, 2.45) is 10.9 Å². The van der Waals surface area contributed by atoms with Gasteiger partial charge in [0.25, 0.3) is 11.6 Å². The Morgan fingerprint density at radius 2 is 1.91 bits per heavy atom. The molecule has 0 heterocycles. The summed E-state index contributed by atoms with van der Waals surface area (Å²) in [5, 5.41) is 14.5. The molecule has 0 fully saturated rings. The number of hydrogen-bond acceptors (Lipinski definition) is 6. The molecule has 118 valence electrons. The van der Waals surface area contributed by atoms with Crippen LogP contribution in [0.1, 0.15) is 5.56 Å². The zero-order chi connectivity index (χ0) is 16.8. The number of nitro groups is 1. The molecule has 0 saturated heterocycles. The standard InChI is InChI=1S/C15H13N3O5/c1-22-17-14(15(16)19)12-9-10(18(20)21)7-8-13(12)23-11-5-3-2-4-6-11/h2-9H,1H3,(H2,16,19)/b17-14-. The number of oxime groups is 1. The number of amides is 1. The lowest BCUT2D eigenvalue weighted by atomic mass is 10.1. The molecule has 0 aliphatic rings. The van der Waals surface area contributed by atoms with E-state index in [9.17, 15) is 14.9 Å². The van der Waals surface area contributed by atoms with Crippen LogP contribution in [-0.2, 0) is 9.63 Å². The third kappa shape index (κ3) is 3.82. The monoisotopic (exact) mass is 315 g/mol. The Hall–Kier alpha value is -3.42. The summed E-state index contributed by atoms with van der Waals surface area (Å²) in [4.78, 5) is 26.5. The maximum absolute atomic E-state index is 11.6. The summed E-state index contributed by atoms with van der Waals surface area (Å²) in [5.74, 6) is -0.217. The van der Waals surface area contributed by atoms with Crippen LogP contribution in [-0.4, -0.2) is 23.7 Å². The fourth-order valence-electron chi connectivity index (χ4n) is 1.84. The van der Waals surface area contributed by atoms with Crippen molar-refractivity contribution in [1.29, 1.82) is 0 Å². The highest BCUT2D eigenvalue weighted by molar-refractivity contribution is 6.45. The lowest BCUT2D eigenvalue weighted by Gasteiger charge is -2.11. The summed E-state index contributed by atoms with van der Waals surface area (Å²) in [6, 6.07) is 12.5. The number of carbonyl (C=O) groups excluding carboxylic acids is 1. The summed E-state index contributed by atoms with van der Waals surface area (Å²) in [5.41, 5.74) is 4.83. The Kier molecular flexibility index (Phi) is 4.88. The number of carbonyl (C=O) groups is 1. The predicted molar refractivity (Wildman–Crippen MR) is 82.4 cm³/mol. The molecule has 0 bridgehead atoms. The van der Waals surface area contributed by atoms with Crippen molar-refractivity contribution in [2.45, 2.75) is 0 Å². The highest BCUT2D eigenvalue weighted by Gasteiger charge is 2.21. The number of rotatable bonds is 6. The van der Waals surface area contributed by atoms with Crippen LogP contribution in [0, 0.1) is 10.1 Å². The largest absolute Gasteiger partial charge is 0.457 e. The fraction of sp³-hybridized carbons (Fsp3) is 0.0667. The van der Waals surface area contributed by atoms with Gasteiger partial charge in [0.05, 0.1) is 10.5 Å². The second-order valence-electron chi connectivity index (χ2n) is 4.34. The van der Waals surface area contributed by atoms with E-state index >= 15 is 0 Å². The smallest absolute Gasteiger partial charge is 0.271 e. The van der Waals surface area contributed by atoms with Gasteiger partial charge in [-0.3, -0.25) is 14.9 Å². The number of primary amides is 1. The van der Waals surface area contributed by atoms with Crippen molar-refractivity contribution >= 4 is 17.3 Å². The Morgan fingerprint density at radius 1 is 1.22 bits per heavy atom. The van der Waals surface area contributed by atoms with E-state index in [0.29, 0.717) is 5.75 Å². The van der Waals surface area contributed by atoms with Crippen LogP contribution in [0.3, 0.4) is 0 Å². The van der Waals surface area contributed by atoms with Gasteiger partial charge in [-0.2, -0.15) is 0 Å². The maximum Gasteiger partial charge on any atom is 0.271 e. The first-order valence-electron chi connectivity index (χ1n) is 6.45. The van der Waals surface area contributed by atoms with E-state index in [-0.39, 0.29) is 22.7 Å². The normalized spacial score (nSPS) is 10.9. The molecule has 0 radical (unpaired) electrons. The third-order valence-corrected chi connectivity index (χ3v) is 2.82. The number of nitrogens with zero attached hydrogens (tertiary/aromatic N) is 2. The van der Waals surface area contributed by atoms with Gasteiger partial charge in [-0.05, 0) is 18.2 Å². The molecule has 8 nitrogen and oxygen atoms in total. The van der Waals surface area contributed by atoms with Crippen LogP contribution in [0.2, 0.25) is 0 Å². The summed E-state index contributed by atoms with van der Waals surface area (Å²) in [7, 11) is 1.23. The second kappa shape index (κ2) is 7.03. The van der Waals surface area contributed by atoms with E-state index in [1.807, 2.05) is 6.07 Å². The third-order valence-electron chi connectivity index (χ3n) is 2.82. The molecule has 23 heavy (non-hydrogen) atoms. The maximum atomic E-state index is 11.6. The molecule has 2 aromatic carbocycles. The predicted octanol–water partition coefficient (Wildman–Crippen LogP) is 2.22. The van der Waals surface area contributed by atoms with E-state index in [0.717, 1.165) is 6.07 Å². The quantitative estimate of drug-likeness (QED) is 0.498. The highest BCUT2D eigenvalue weighted by atomic mass is 16.6. The minimum absolute atomic E-state index is 0.0670. The van der Waals surface area contributed by atoms with Gasteiger partial charge < -0.3 is 15.3 Å². The lowest BCUT2D eigenvalue weighted by Crippen LogP contribution is -2.25. The number of non-ortho nitro benzene ring substituents is 1. The van der Waals surface area contributed by atoms with Gasteiger partial charge in [0.1, 0.15) is 18.6 Å². The number of benzene rings is 2. The van der Waals surface area contributed by atoms with Gasteiger partial charge >= 0.3 is 0 Å². The fourth-order valence-corrected chi connectivity index (χ4v) is 1.84. The summed E-state index contributed by atoms with van der Waals surface area (Å²) >= 11 is 0. The first-order chi connectivity index (χ1) is 11.0. The van der Waals surface area contributed by atoms with Crippen LogP contribution >= 0.6 is 0 Å². The number of para-hydroxylation sites is 1. The van der Waals surface area contributed by atoms with Crippen molar-refractivity contribution in [3.8, 4) is 11.5 Å². The van der Waals surface area contributed by atoms with Crippen molar-refractivity contribution in [2.75, 3.05) is 7.11 Å². The summed E-state index contributed by atoms with van der Waals surface area (Å²) < 4.78 is 5.65. The van der Waals surface area contributed by atoms with E-state index < -0.39 is 10.8 Å². The van der Waals surface area contributed by atoms with E-state index in [4.69, 9.17) is 10.5 Å². The van der Waals surface area contributed by atoms with Crippen LogP contribution in [0.25, 0.3) is 0 Å². The zero-order valence-electron chi connectivity index (χ0n) is 12.1. The lowest BCUT2D eigenvalue weighted by molar-refractivity contribution is -0.384. The number of ether oxygens (including phenoxy) is 1. The SMILES string of the molecule is CO/N=C(\C(N)=O)c1cc([N+](=O)[O-])ccc1Oc1ccccc1. The number of nitrogens with two attached hydrogens (primary N) is 1. The van der Waals surface area contributed by atoms with Gasteiger partial charge in [0, 0.05) is 12.1 Å². The molecule has 0 spiro atoms. The summed E-state index contributed by atoms with van der Waals surface area (Å²) in [6.45, 7) is 0. The zero-order valence-corrected chi connectivity index (χ0v) is 12.1. The molecular weight excluding hydrogens is 302 g/mol. The molecule has 2 N–H and O–H groups in total. The van der Waals surface area contributed by atoms with Crippen molar-refractivity contribution in [1.82, 2.24) is 0 Å². The first-order valence-corrected chi connectivity index (χ1v) is 6.45. The summed E-state index contributed by atoms with van der Waals surface area (Å²) in [6.07, 6.45) is 0. The number of hydrogen-bond donors (Lipinski definition) is 1. The molecular formula is C15H13N3O5. The molecule has 0 saturated carbocycles. The van der Waals surface area contributed by atoms with Crippen LogP contribution < -0.4 is 10.5 Å². The van der Waals surface area contributed by atoms with Gasteiger partial charge in [0.2, 0.25) is 0 Å². The minimum Gasteiger partial charge on any atom is -0.457 e. The molecule has 2 aromatic rings. The molecule has 0 aromatic heterocycles. The van der Waals surface area contributed by atoms with E-state index in [1.165, 1.54) is 19.2 Å². The molecule has 0 aliphatic heterocycles. The average molecular weight is 315 g/mol. The van der Waals surface area contributed by atoms with Crippen LogP contribution in [0.15, 0.2) is 53.7 Å². The molecule has 0 atom stereocenters. The van der Waals surface area contributed by atoms with E-state index in [1.54, 1.807) is 24.3 Å². The first kappa shape index (κ1) is 16.0. The average Bonchev–Trinajstić information content (AvgIpc) is 2.53. The Bertz CT molecular complexity index is 759. The molecule has 8 heteroatoms.